The molecule has 0 saturated heterocycles. The molecule has 0 saturated carbocycles. The average Bonchev–Trinajstić information content (AvgIpc) is 2.69. The van der Waals surface area contributed by atoms with Crippen LogP contribution in [0.15, 0.2) is 10.5 Å². The lowest BCUT2D eigenvalue weighted by Crippen LogP contribution is -2.29. The summed E-state index contributed by atoms with van der Waals surface area (Å²) in [6.45, 7) is 1.77. The van der Waals surface area contributed by atoms with Crippen LogP contribution in [0.3, 0.4) is 0 Å². The van der Waals surface area contributed by atoms with Crippen LogP contribution >= 0.6 is 11.8 Å². The highest BCUT2D eigenvalue weighted by Crippen LogP contribution is 2.20. The van der Waals surface area contributed by atoms with Gasteiger partial charge in [0.1, 0.15) is 5.76 Å². The van der Waals surface area contributed by atoms with Crippen LogP contribution < -0.4 is 11.3 Å². The van der Waals surface area contributed by atoms with Gasteiger partial charge in [-0.2, -0.15) is 0 Å². The number of nitrogens with zero attached hydrogens (tertiary/aromatic N) is 1. The molecule has 0 radical (unpaired) electrons. The summed E-state index contributed by atoms with van der Waals surface area (Å²) in [6, 6.07) is 1.64. The first kappa shape index (κ1) is 14.6. The molecule has 0 spiro atoms. The summed E-state index contributed by atoms with van der Waals surface area (Å²) in [5.41, 5.74) is 2.90. The van der Waals surface area contributed by atoms with Crippen molar-refractivity contribution < 1.29 is 14.0 Å². The summed E-state index contributed by atoms with van der Waals surface area (Å²) >= 11 is 1.48. The highest BCUT2D eigenvalue weighted by atomic mass is 32.2. The van der Waals surface area contributed by atoms with Crippen LogP contribution in [0.1, 0.15) is 21.9 Å². The molecule has 0 bridgehead atoms. The average molecular weight is 271 g/mol. The maximum atomic E-state index is 11.4. The lowest BCUT2D eigenvalue weighted by atomic mass is 10.3. The zero-order valence-electron chi connectivity index (χ0n) is 10.6. The van der Waals surface area contributed by atoms with Gasteiger partial charge in [0.2, 0.25) is 5.91 Å². The maximum absolute atomic E-state index is 11.4. The van der Waals surface area contributed by atoms with Crippen molar-refractivity contribution in [2.24, 2.45) is 5.84 Å². The zero-order chi connectivity index (χ0) is 13.7. The SMILES string of the molecule is Cc1oc(C(=O)NN)cc1CSCC(=O)N(C)C. The van der Waals surface area contributed by atoms with Gasteiger partial charge in [0.25, 0.3) is 0 Å². The summed E-state index contributed by atoms with van der Waals surface area (Å²) in [4.78, 5) is 24.2. The predicted octanol–water partition coefficient (Wildman–Crippen LogP) is 0.513. The van der Waals surface area contributed by atoms with E-state index in [0.717, 1.165) is 5.56 Å². The quantitative estimate of drug-likeness (QED) is 0.463. The van der Waals surface area contributed by atoms with Gasteiger partial charge in [-0.25, -0.2) is 5.84 Å². The third-order valence-electron chi connectivity index (χ3n) is 2.36. The molecule has 1 heterocycles. The Kier molecular flexibility index (Phi) is 5.24. The van der Waals surface area contributed by atoms with Gasteiger partial charge >= 0.3 is 5.91 Å². The van der Waals surface area contributed by atoms with Crippen molar-refractivity contribution in [1.82, 2.24) is 10.3 Å². The number of rotatable bonds is 5. The maximum Gasteiger partial charge on any atom is 0.300 e. The Balaban J connectivity index is 2.55. The standard InChI is InChI=1S/C11H17N3O3S/c1-7-8(4-9(17-7)11(16)13-12)5-18-6-10(15)14(2)3/h4H,5-6,12H2,1-3H3,(H,13,16). The second-order valence-electron chi connectivity index (χ2n) is 3.95. The van der Waals surface area contributed by atoms with Gasteiger partial charge in [0.05, 0.1) is 5.75 Å². The van der Waals surface area contributed by atoms with Crippen LogP contribution in [0.25, 0.3) is 0 Å². The number of thioether (sulfide) groups is 1. The number of furan rings is 1. The van der Waals surface area contributed by atoms with E-state index in [1.54, 1.807) is 32.0 Å². The minimum Gasteiger partial charge on any atom is -0.456 e. The number of nitrogens with two attached hydrogens (primary N) is 1. The molecule has 100 valence electrons. The third kappa shape index (κ3) is 3.78. The van der Waals surface area contributed by atoms with Crippen LogP contribution in [0.4, 0.5) is 0 Å². The first-order valence-corrected chi connectivity index (χ1v) is 6.49. The van der Waals surface area contributed by atoms with E-state index in [-0.39, 0.29) is 11.7 Å². The number of nitrogen functional groups attached to an aromatic ring is 1. The lowest BCUT2D eigenvalue weighted by Gasteiger charge is -2.08. The van der Waals surface area contributed by atoms with Crippen LogP contribution in [0, 0.1) is 6.92 Å². The smallest absolute Gasteiger partial charge is 0.300 e. The normalized spacial score (nSPS) is 10.2. The molecule has 0 atom stereocenters. The van der Waals surface area contributed by atoms with Crippen LogP contribution in [0.2, 0.25) is 0 Å². The molecular weight excluding hydrogens is 254 g/mol. The van der Waals surface area contributed by atoms with E-state index in [9.17, 15) is 9.59 Å². The van der Waals surface area contributed by atoms with Crippen LogP contribution in [-0.4, -0.2) is 36.6 Å². The molecule has 0 fully saturated rings. The summed E-state index contributed by atoms with van der Waals surface area (Å²) in [6.07, 6.45) is 0. The fourth-order valence-electron chi connectivity index (χ4n) is 1.22. The van der Waals surface area contributed by atoms with Crippen LogP contribution in [0.5, 0.6) is 0 Å². The van der Waals surface area contributed by atoms with E-state index < -0.39 is 5.91 Å². The van der Waals surface area contributed by atoms with Gasteiger partial charge in [0, 0.05) is 25.4 Å². The van der Waals surface area contributed by atoms with E-state index in [1.807, 2.05) is 5.43 Å². The summed E-state index contributed by atoms with van der Waals surface area (Å²) in [5.74, 6) is 6.49. The van der Waals surface area contributed by atoms with Gasteiger partial charge in [-0.15, -0.1) is 11.8 Å². The Bertz CT molecular complexity index is 443. The first-order valence-electron chi connectivity index (χ1n) is 5.34. The molecule has 18 heavy (non-hydrogen) atoms. The predicted molar refractivity (Wildman–Crippen MR) is 70.0 cm³/mol. The van der Waals surface area contributed by atoms with Gasteiger partial charge < -0.3 is 9.32 Å². The molecule has 1 aromatic rings. The molecule has 1 rings (SSSR count). The van der Waals surface area contributed by atoms with Crippen molar-refractivity contribution >= 4 is 23.6 Å². The van der Waals surface area contributed by atoms with E-state index in [4.69, 9.17) is 10.3 Å². The molecule has 7 heteroatoms. The minimum atomic E-state index is -0.460. The first-order chi connectivity index (χ1) is 8.45. The number of hydrogen-bond donors (Lipinski definition) is 2. The van der Waals surface area contributed by atoms with Crippen molar-refractivity contribution in [2.45, 2.75) is 12.7 Å². The molecule has 0 aromatic carbocycles. The lowest BCUT2D eigenvalue weighted by molar-refractivity contribution is -0.125. The Hall–Kier alpha value is -1.47. The Labute approximate surface area is 110 Å². The number of amides is 2. The van der Waals surface area contributed by atoms with E-state index in [1.165, 1.54) is 11.8 Å². The Morgan fingerprint density at radius 2 is 2.17 bits per heavy atom. The molecule has 0 aliphatic rings. The highest BCUT2D eigenvalue weighted by molar-refractivity contribution is 7.99. The third-order valence-corrected chi connectivity index (χ3v) is 3.32. The summed E-state index contributed by atoms with van der Waals surface area (Å²) in [7, 11) is 3.44. The largest absolute Gasteiger partial charge is 0.456 e. The molecule has 3 N–H and O–H groups in total. The molecular formula is C11H17N3O3S. The van der Waals surface area contributed by atoms with Crippen molar-refractivity contribution in [3.63, 3.8) is 0 Å². The second-order valence-corrected chi connectivity index (χ2v) is 4.93. The monoisotopic (exact) mass is 271 g/mol. The summed E-state index contributed by atoms with van der Waals surface area (Å²) in [5, 5.41) is 0. The number of hydrazine groups is 1. The van der Waals surface area contributed by atoms with E-state index >= 15 is 0 Å². The highest BCUT2D eigenvalue weighted by Gasteiger charge is 2.13. The van der Waals surface area contributed by atoms with Crippen LogP contribution in [-0.2, 0) is 10.5 Å². The second kappa shape index (κ2) is 6.46. The Morgan fingerprint density at radius 3 is 2.72 bits per heavy atom. The van der Waals surface area contributed by atoms with Crippen molar-refractivity contribution in [1.29, 1.82) is 0 Å². The molecule has 1 aromatic heterocycles. The number of nitrogens with one attached hydrogen (secondary N) is 1. The molecule has 6 nitrogen and oxygen atoms in total. The van der Waals surface area contributed by atoms with Crippen molar-refractivity contribution in [3.8, 4) is 0 Å². The van der Waals surface area contributed by atoms with E-state index in [0.29, 0.717) is 17.3 Å². The number of hydrogen-bond acceptors (Lipinski definition) is 5. The molecule has 2 amide bonds. The topological polar surface area (TPSA) is 88.6 Å². The number of carbonyl (C=O) groups excluding carboxylic acids is 2. The number of aryl methyl sites for hydroxylation is 1. The Morgan fingerprint density at radius 1 is 1.50 bits per heavy atom. The summed E-state index contributed by atoms with van der Waals surface area (Å²) < 4.78 is 5.27. The fourth-order valence-corrected chi connectivity index (χ4v) is 2.26. The van der Waals surface area contributed by atoms with Gasteiger partial charge in [0.15, 0.2) is 5.76 Å². The zero-order valence-corrected chi connectivity index (χ0v) is 11.5. The molecule has 0 unspecified atom stereocenters. The van der Waals surface area contributed by atoms with Crippen molar-refractivity contribution in [3.05, 3.63) is 23.2 Å². The van der Waals surface area contributed by atoms with Gasteiger partial charge in [-0.05, 0) is 13.0 Å². The van der Waals surface area contributed by atoms with Gasteiger partial charge in [-0.3, -0.25) is 15.0 Å². The molecule has 0 aliphatic heterocycles. The number of carbonyl (C=O) groups is 2. The fraction of sp³-hybridized carbons (Fsp3) is 0.455. The minimum absolute atomic E-state index is 0.0565. The van der Waals surface area contributed by atoms with Gasteiger partial charge in [-0.1, -0.05) is 0 Å². The van der Waals surface area contributed by atoms with E-state index in [2.05, 4.69) is 0 Å². The van der Waals surface area contributed by atoms with Crippen molar-refractivity contribution in [2.75, 3.05) is 19.8 Å². The molecule has 0 aliphatic carbocycles.